The summed E-state index contributed by atoms with van der Waals surface area (Å²) in [6, 6.07) is 7.30. The highest BCUT2D eigenvalue weighted by Gasteiger charge is 2.29. The van der Waals surface area contributed by atoms with E-state index in [0.717, 1.165) is 24.5 Å². The molecule has 0 aromatic carbocycles. The first kappa shape index (κ1) is 15.6. The molecule has 1 saturated heterocycles. The molecule has 4 rings (SSSR count). The molecule has 9 nitrogen and oxygen atoms in total. The lowest BCUT2D eigenvalue weighted by Gasteiger charge is -2.33. The standard InChI is InChI=1S/C16H18N6O3/c1-12-10-13(25-18-12)11-19-6-8-20(9-7-19)15-16(22(23)24)21-5-3-2-4-14(21)17-15/h2-5,10H,6-9,11H2,1H3. The molecule has 0 saturated carbocycles. The first-order valence-electron chi connectivity index (χ1n) is 8.13. The second-order valence-corrected chi connectivity index (χ2v) is 6.14. The van der Waals surface area contributed by atoms with E-state index in [1.165, 1.54) is 4.40 Å². The van der Waals surface area contributed by atoms with E-state index in [1.54, 1.807) is 18.3 Å². The van der Waals surface area contributed by atoms with Crippen LogP contribution in [0.25, 0.3) is 5.65 Å². The molecule has 0 bridgehead atoms. The van der Waals surface area contributed by atoms with Crippen LogP contribution >= 0.6 is 0 Å². The Hall–Kier alpha value is -2.94. The molecular formula is C16H18N6O3. The molecule has 1 aliphatic rings. The molecule has 3 aromatic rings. The molecule has 0 N–H and O–H groups in total. The van der Waals surface area contributed by atoms with Crippen LogP contribution in [0.4, 0.5) is 11.6 Å². The zero-order valence-corrected chi connectivity index (χ0v) is 13.8. The second-order valence-electron chi connectivity index (χ2n) is 6.14. The molecule has 0 aliphatic carbocycles. The molecular weight excluding hydrogens is 324 g/mol. The normalized spacial score (nSPS) is 15.8. The van der Waals surface area contributed by atoms with Gasteiger partial charge in [0, 0.05) is 38.3 Å². The van der Waals surface area contributed by atoms with Gasteiger partial charge >= 0.3 is 5.82 Å². The lowest BCUT2D eigenvalue weighted by atomic mass is 10.3. The Morgan fingerprint density at radius 1 is 1.28 bits per heavy atom. The first-order valence-corrected chi connectivity index (χ1v) is 8.13. The van der Waals surface area contributed by atoms with E-state index in [-0.39, 0.29) is 10.7 Å². The van der Waals surface area contributed by atoms with Crippen molar-refractivity contribution in [2.45, 2.75) is 13.5 Å². The fourth-order valence-corrected chi connectivity index (χ4v) is 3.18. The molecule has 1 aliphatic heterocycles. The van der Waals surface area contributed by atoms with E-state index >= 15 is 0 Å². The van der Waals surface area contributed by atoms with Crippen LogP contribution in [0.5, 0.6) is 0 Å². The number of rotatable bonds is 4. The van der Waals surface area contributed by atoms with Crippen LogP contribution in [0.1, 0.15) is 11.5 Å². The van der Waals surface area contributed by atoms with Gasteiger partial charge < -0.3 is 19.5 Å². The van der Waals surface area contributed by atoms with Crippen LogP contribution < -0.4 is 4.90 Å². The summed E-state index contributed by atoms with van der Waals surface area (Å²) in [5, 5.41) is 15.4. The SMILES string of the molecule is Cc1cc(CN2CCN(c3nc4ccccn4c3[N+](=O)[O-])CC2)on1. The molecule has 0 atom stereocenters. The van der Waals surface area contributed by atoms with Gasteiger partial charge in [0.25, 0.3) is 0 Å². The molecule has 25 heavy (non-hydrogen) atoms. The van der Waals surface area contributed by atoms with E-state index in [2.05, 4.69) is 15.0 Å². The Kier molecular flexibility index (Phi) is 3.85. The summed E-state index contributed by atoms with van der Waals surface area (Å²) in [5.41, 5.74) is 1.46. The summed E-state index contributed by atoms with van der Waals surface area (Å²) in [4.78, 5) is 19.9. The van der Waals surface area contributed by atoms with Crippen molar-refractivity contribution in [1.82, 2.24) is 19.4 Å². The van der Waals surface area contributed by atoms with E-state index in [4.69, 9.17) is 4.52 Å². The Morgan fingerprint density at radius 2 is 2.08 bits per heavy atom. The minimum atomic E-state index is -0.362. The molecule has 3 aromatic heterocycles. The topological polar surface area (TPSA) is 93.0 Å². The molecule has 0 radical (unpaired) electrons. The summed E-state index contributed by atoms with van der Waals surface area (Å²) in [6.45, 7) is 5.51. The number of hydrogen-bond acceptors (Lipinski definition) is 7. The fourth-order valence-electron chi connectivity index (χ4n) is 3.18. The number of fused-ring (bicyclic) bond motifs is 1. The summed E-state index contributed by atoms with van der Waals surface area (Å²) < 4.78 is 6.79. The Balaban J connectivity index is 1.51. The maximum Gasteiger partial charge on any atom is 0.372 e. The molecule has 0 spiro atoms. The van der Waals surface area contributed by atoms with Gasteiger partial charge in [-0.25, -0.2) is 0 Å². The van der Waals surface area contributed by atoms with Crippen LogP contribution in [0.15, 0.2) is 35.0 Å². The Morgan fingerprint density at radius 3 is 2.76 bits per heavy atom. The van der Waals surface area contributed by atoms with Gasteiger partial charge in [0.2, 0.25) is 11.5 Å². The number of nitrogens with zero attached hydrogens (tertiary/aromatic N) is 6. The highest BCUT2D eigenvalue weighted by atomic mass is 16.6. The average molecular weight is 342 g/mol. The number of piperazine rings is 1. The lowest BCUT2D eigenvalue weighted by Crippen LogP contribution is -2.46. The van der Waals surface area contributed by atoms with Gasteiger partial charge in [-0.15, -0.1) is 0 Å². The molecule has 0 unspecified atom stereocenters. The van der Waals surface area contributed by atoms with Crippen LogP contribution in [0.3, 0.4) is 0 Å². The number of nitro groups is 1. The first-order chi connectivity index (χ1) is 12.1. The smallest absolute Gasteiger partial charge is 0.360 e. The van der Waals surface area contributed by atoms with Crippen molar-refractivity contribution in [3.8, 4) is 0 Å². The zero-order valence-electron chi connectivity index (χ0n) is 13.8. The van der Waals surface area contributed by atoms with Gasteiger partial charge in [0.05, 0.1) is 18.4 Å². The third-order valence-corrected chi connectivity index (χ3v) is 4.39. The van der Waals surface area contributed by atoms with Gasteiger partial charge in [0.1, 0.15) is 0 Å². The summed E-state index contributed by atoms with van der Waals surface area (Å²) in [6.07, 6.45) is 1.67. The van der Waals surface area contributed by atoms with Crippen LogP contribution in [0, 0.1) is 17.0 Å². The number of hydrogen-bond donors (Lipinski definition) is 0. The number of aromatic nitrogens is 3. The van der Waals surface area contributed by atoms with Crippen molar-refractivity contribution in [1.29, 1.82) is 0 Å². The maximum absolute atomic E-state index is 11.5. The quantitative estimate of drug-likeness (QED) is 0.528. The van der Waals surface area contributed by atoms with E-state index in [1.807, 2.05) is 24.0 Å². The monoisotopic (exact) mass is 342 g/mol. The van der Waals surface area contributed by atoms with Crippen molar-refractivity contribution in [2.24, 2.45) is 0 Å². The molecule has 130 valence electrons. The molecule has 0 amide bonds. The van der Waals surface area contributed by atoms with Crippen molar-refractivity contribution < 1.29 is 9.45 Å². The van der Waals surface area contributed by atoms with Crippen molar-refractivity contribution in [3.63, 3.8) is 0 Å². The number of imidazole rings is 1. The van der Waals surface area contributed by atoms with Crippen molar-refractivity contribution in [3.05, 3.63) is 52.0 Å². The predicted molar refractivity (Wildman–Crippen MR) is 90.6 cm³/mol. The van der Waals surface area contributed by atoms with Crippen LogP contribution in [-0.2, 0) is 6.54 Å². The van der Waals surface area contributed by atoms with Gasteiger partial charge in [-0.1, -0.05) is 11.2 Å². The number of pyridine rings is 1. The summed E-state index contributed by atoms with van der Waals surface area (Å²) in [5.74, 6) is 1.30. The Labute approximate surface area is 143 Å². The highest BCUT2D eigenvalue weighted by Crippen LogP contribution is 2.29. The summed E-state index contributed by atoms with van der Waals surface area (Å²) >= 11 is 0. The maximum atomic E-state index is 11.5. The molecule has 1 fully saturated rings. The third-order valence-electron chi connectivity index (χ3n) is 4.39. The minimum absolute atomic E-state index is 0.0231. The number of aryl methyl sites for hydroxylation is 1. The van der Waals surface area contributed by atoms with E-state index in [0.29, 0.717) is 31.1 Å². The zero-order chi connectivity index (χ0) is 17.4. The van der Waals surface area contributed by atoms with E-state index < -0.39 is 0 Å². The van der Waals surface area contributed by atoms with Gasteiger partial charge in [-0.2, -0.15) is 9.38 Å². The molecule has 9 heteroatoms. The van der Waals surface area contributed by atoms with Crippen LogP contribution in [0.2, 0.25) is 0 Å². The van der Waals surface area contributed by atoms with Gasteiger partial charge in [-0.05, 0) is 17.9 Å². The Bertz CT molecular complexity index is 910. The highest BCUT2D eigenvalue weighted by molar-refractivity contribution is 5.63. The minimum Gasteiger partial charge on any atom is -0.360 e. The number of anilines is 1. The summed E-state index contributed by atoms with van der Waals surface area (Å²) in [7, 11) is 0. The fraction of sp³-hybridized carbons (Fsp3) is 0.375. The average Bonchev–Trinajstić information content (AvgIpc) is 3.19. The van der Waals surface area contributed by atoms with Crippen molar-refractivity contribution in [2.75, 3.05) is 31.1 Å². The van der Waals surface area contributed by atoms with Crippen LogP contribution in [-0.4, -0.2) is 50.5 Å². The van der Waals surface area contributed by atoms with Crippen molar-refractivity contribution >= 4 is 17.3 Å². The lowest BCUT2D eigenvalue weighted by molar-refractivity contribution is -0.389. The van der Waals surface area contributed by atoms with Gasteiger partial charge in [0.15, 0.2) is 5.76 Å². The third kappa shape index (κ3) is 2.93. The molecule has 4 heterocycles. The second kappa shape index (κ2) is 6.17. The van der Waals surface area contributed by atoms with E-state index in [9.17, 15) is 10.1 Å². The van der Waals surface area contributed by atoms with Gasteiger partial charge in [-0.3, -0.25) is 4.90 Å². The largest absolute Gasteiger partial charge is 0.372 e. The predicted octanol–water partition coefficient (Wildman–Crippen LogP) is 1.86.